The quantitative estimate of drug-likeness (QED) is 0.867. The minimum atomic E-state index is 0. The van der Waals surface area contributed by atoms with Crippen molar-refractivity contribution in [3.63, 3.8) is 0 Å². The molecule has 1 amide bonds. The number of carbonyl (C=O) groups excluding carboxylic acids is 1. The van der Waals surface area contributed by atoms with Gasteiger partial charge in [-0.2, -0.15) is 0 Å². The van der Waals surface area contributed by atoms with E-state index in [4.69, 9.17) is 0 Å². The summed E-state index contributed by atoms with van der Waals surface area (Å²) in [5.41, 5.74) is 1.76. The van der Waals surface area contributed by atoms with Crippen LogP contribution in [0.2, 0.25) is 0 Å². The smallest absolute Gasteiger partial charge is 0.223 e. The van der Waals surface area contributed by atoms with Crippen molar-refractivity contribution < 1.29 is 4.79 Å². The van der Waals surface area contributed by atoms with Crippen LogP contribution in [0, 0.1) is 16.7 Å². The van der Waals surface area contributed by atoms with Crippen LogP contribution in [0.3, 0.4) is 0 Å². The summed E-state index contributed by atoms with van der Waals surface area (Å²) >= 11 is 0. The average molecular weight is 337 g/mol. The first kappa shape index (κ1) is 18.3. The predicted molar refractivity (Wildman–Crippen MR) is 96.8 cm³/mol. The van der Waals surface area contributed by atoms with Crippen LogP contribution in [0.1, 0.15) is 38.7 Å². The molecule has 1 atom stereocenters. The Balaban J connectivity index is 0.00000192. The molecule has 3 rings (SSSR count). The molecule has 1 saturated heterocycles. The van der Waals surface area contributed by atoms with Gasteiger partial charge in [0.15, 0.2) is 0 Å². The fourth-order valence-electron chi connectivity index (χ4n) is 3.86. The Hall–Kier alpha value is -1.06. The number of nitrogens with one attached hydrogen (secondary N) is 2. The third kappa shape index (κ3) is 4.48. The van der Waals surface area contributed by atoms with E-state index in [1.54, 1.807) is 0 Å². The number of piperidine rings is 1. The van der Waals surface area contributed by atoms with Crippen molar-refractivity contribution in [1.82, 2.24) is 10.6 Å². The van der Waals surface area contributed by atoms with Gasteiger partial charge in [-0.3, -0.25) is 4.79 Å². The zero-order valence-corrected chi connectivity index (χ0v) is 15.0. The first-order valence-corrected chi connectivity index (χ1v) is 8.53. The highest BCUT2D eigenvalue weighted by molar-refractivity contribution is 5.85. The minimum absolute atomic E-state index is 0. The molecule has 1 aliphatic heterocycles. The zero-order valence-electron chi connectivity index (χ0n) is 14.2. The largest absolute Gasteiger partial charge is 0.355 e. The molecule has 0 aromatic heterocycles. The third-order valence-electron chi connectivity index (χ3n) is 5.37. The Morgan fingerprint density at radius 2 is 1.91 bits per heavy atom. The van der Waals surface area contributed by atoms with E-state index in [1.165, 1.54) is 18.4 Å². The van der Waals surface area contributed by atoms with E-state index < -0.39 is 0 Å². The van der Waals surface area contributed by atoms with Gasteiger partial charge >= 0.3 is 0 Å². The van der Waals surface area contributed by atoms with Gasteiger partial charge in [-0.05, 0) is 55.2 Å². The topological polar surface area (TPSA) is 41.1 Å². The van der Waals surface area contributed by atoms with Crippen molar-refractivity contribution in [2.45, 2.75) is 39.5 Å². The molecule has 23 heavy (non-hydrogen) atoms. The molecule has 0 bridgehead atoms. The highest BCUT2D eigenvalue weighted by atomic mass is 35.5. The van der Waals surface area contributed by atoms with Crippen molar-refractivity contribution in [2.24, 2.45) is 16.7 Å². The number of rotatable bonds is 5. The molecule has 1 saturated carbocycles. The SMILES string of the molecule is CC(C)(CNC(=O)C1CC12CCNCC2)Cc1ccccc1.Cl. The molecule has 1 unspecified atom stereocenters. The summed E-state index contributed by atoms with van der Waals surface area (Å²) in [5, 5.41) is 6.61. The molecule has 1 aromatic carbocycles. The third-order valence-corrected chi connectivity index (χ3v) is 5.37. The van der Waals surface area contributed by atoms with E-state index in [-0.39, 0.29) is 29.6 Å². The lowest BCUT2D eigenvalue weighted by Crippen LogP contribution is -2.38. The molecular weight excluding hydrogens is 308 g/mol. The van der Waals surface area contributed by atoms with Crippen LogP contribution >= 0.6 is 12.4 Å². The van der Waals surface area contributed by atoms with E-state index in [1.807, 2.05) is 6.07 Å². The molecule has 0 radical (unpaired) electrons. The number of halogens is 1. The van der Waals surface area contributed by atoms with Crippen LogP contribution in [0.25, 0.3) is 0 Å². The molecule has 1 aliphatic carbocycles. The number of carbonyl (C=O) groups is 1. The first-order chi connectivity index (χ1) is 10.5. The van der Waals surface area contributed by atoms with Crippen LogP contribution in [0.4, 0.5) is 0 Å². The monoisotopic (exact) mass is 336 g/mol. The van der Waals surface area contributed by atoms with E-state index >= 15 is 0 Å². The van der Waals surface area contributed by atoms with Crippen LogP contribution in [-0.2, 0) is 11.2 Å². The highest BCUT2D eigenvalue weighted by Crippen LogP contribution is 2.58. The van der Waals surface area contributed by atoms with Crippen LogP contribution in [0.5, 0.6) is 0 Å². The molecule has 1 spiro atoms. The molecule has 128 valence electrons. The van der Waals surface area contributed by atoms with E-state index in [9.17, 15) is 4.79 Å². The Kier molecular flexibility index (Phi) is 5.74. The number of benzene rings is 1. The molecule has 2 fully saturated rings. The summed E-state index contributed by atoms with van der Waals surface area (Å²) in [5.74, 6) is 0.546. The molecule has 1 aromatic rings. The van der Waals surface area contributed by atoms with Gasteiger partial charge in [0, 0.05) is 12.5 Å². The van der Waals surface area contributed by atoms with Gasteiger partial charge in [0.1, 0.15) is 0 Å². The first-order valence-electron chi connectivity index (χ1n) is 8.53. The van der Waals surface area contributed by atoms with Crippen LogP contribution in [-0.4, -0.2) is 25.5 Å². The maximum atomic E-state index is 12.4. The average Bonchev–Trinajstić information content (AvgIpc) is 3.19. The van der Waals surface area contributed by atoms with Crippen LogP contribution < -0.4 is 10.6 Å². The molecule has 2 aliphatic rings. The summed E-state index contributed by atoms with van der Waals surface area (Å²) in [7, 11) is 0. The second kappa shape index (κ2) is 7.23. The fraction of sp³-hybridized carbons (Fsp3) is 0.632. The standard InChI is InChI=1S/C19H28N2O.ClH/c1-18(2,12-15-6-4-3-5-7-15)14-21-17(22)16-13-19(16)8-10-20-11-9-19;/h3-7,16,20H,8-14H2,1-2H3,(H,21,22);1H. The Labute approximate surface area is 146 Å². The van der Waals surface area contributed by atoms with Crippen molar-refractivity contribution in [3.8, 4) is 0 Å². The zero-order chi connectivity index (χ0) is 15.6. The molecular formula is C19H29ClN2O. The van der Waals surface area contributed by atoms with Gasteiger partial charge in [0.05, 0.1) is 0 Å². The Bertz CT molecular complexity index is 523. The normalized spacial score (nSPS) is 22.3. The number of amides is 1. The second-order valence-electron chi connectivity index (χ2n) is 7.91. The Morgan fingerprint density at radius 3 is 2.57 bits per heavy atom. The molecule has 2 N–H and O–H groups in total. The predicted octanol–water partition coefficient (Wildman–Crippen LogP) is 3.18. The Morgan fingerprint density at radius 1 is 1.26 bits per heavy atom. The maximum absolute atomic E-state index is 12.4. The van der Waals surface area contributed by atoms with E-state index in [0.29, 0.717) is 5.41 Å². The van der Waals surface area contributed by atoms with E-state index in [0.717, 1.165) is 32.5 Å². The van der Waals surface area contributed by atoms with Gasteiger partial charge in [0.25, 0.3) is 0 Å². The summed E-state index contributed by atoms with van der Waals surface area (Å²) in [6.07, 6.45) is 4.42. The van der Waals surface area contributed by atoms with Crippen molar-refractivity contribution in [1.29, 1.82) is 0 Å². The second-order valence-corrected chi connectivity index (χ2v) is 7.91. The van der Waals surface area contributed by atoms with Gasteiger partial charge in [-0.15, -0.1) is 12.4 Å². The summed E-state index contributed by atoms with van der Waals surface area (Å²) < 4.78 is 0. The lowest BCUT2D eigenvalue weighted by molar-refractivity contribution is -0.123. The fourth-order valence-corrected chi connectivity index (χ4v) is 3.86. The lowest BCUT2D eigenvalue weighted by atomic mass is 9.85. The van der Waals surface area contributed by atoms with Gasteiger partial charge in [0.2, 0.25) is 5.91 Å². The summed E-state index contributed by atoms with van der Waals surface area (Å²) in [4.78, 5) is 12.4. The van der Waals surface area contributed by atoms with Gasteiger partial charge in [-0.25, -0.2) is 0 Å². The van der Waals surface area contributed by atoms with Crippen molar-refractivity contribution in [2.75, 3.05) is 19.6 Å². The number of hydrogen-bond acceptors (Lipinski definition) is 2. The molecule has 1 heterocycles. The van der Waals surface area contributed by atoms with Gasteiger partial charge in [-0.1, -0.05) is 44.2 Å². The number of hydrogen-bond donors (Lipinski definition) is 2. The molecule has 4 heteroatoms. The molecule has 3 nitrogen and oxygen atoms in total. The maximum Gasteiger partial charge on any atom is 0.223 e. The van der Waals surface area contributed by atoms with Gasteiger partial charge < -0.3 is 10.6 Å². The van der Waals surface area contributed by atoms with Crippen LogP contribution in [0.15, 0.2) is 30.3 Å². The van der Waals surface area contributed by atoms with E-state index in [2.05, 4.69) is 48.7 Å². The lowest BCUT2D eigenvalue weighted by Gasteiger charge is -2.26. The summed E-state index contributed by atoms with van der Waals surface area (Å²) in [6, 6.07) is 10.5. The minimum Gasteiger partial charge on any atom is -0.355 e. The van der Waals surface area contributed by atoms with Crippen molar-refractivity contribution >= 4 is 18.3 Å². The summed E-state index contributed by atoms with van der Waals surface area (Å²) in [6.45, 7) is 7.36. The van der Waals surface area contributed by atoms with Crippen molar-refractivity contribution in [3.05, 3.63) is 35.9 Å². The highest BCUT2D eigenvalue weighted by Gasteiger charge is 2.57.